The SMILES string of the molecule is COc1ccc(S(=O)(=O)NC[C@@H](O)c2ccc(SC)cc2)cc1OC. The van der Waals surface area contributed by atoms with Gasteiger partial charge in [0.05, 0.1) is 25.2 Å². The predicted molar refractivity (Wildman–Crippen MR) is 97.9 cm³/mol. The van der Waals surface area contributed by atoms with Crippen molar-refractivity contribution in [3.8, 4) is 11.5 Å². The molecule has 0 saturated carbocycles. The Kier molecular flexibility index (Phi) is 6.71. The van der Waals surface area contributed by atoms with Crippen LogP contribution in [-0.2, 0) is 10.0 Å². The molecular weight excluding hydrogens is 362 g/mol. The van der Waals surface area contributed by atoms with Crippen LogP contribution < -0.4 is 14.2 Å². The number of benzene rings is 2. The van der Waals surface area contributed by atoms with Gasteiger partial charge in [0.2, 0.25) is 10.0 Å². The van der Waals surface area contributed by atoms with Gasteiger partial charge in [0, 0.05) is 17.5 Å². The number of sulfonamides is 1. The molecule has 25 heavy (non-hydrogen) atoms. The van der Waals surface area contributed by atoms with E-state index in [0.29, 0.717) is 17.1 Å². The topological polar surface area (TPSA) is 84.9 Å². The molecular formula is C17H21NO5S2. The molecule has 0 aliphatic carbocycles. The largest absolute Gasteiger partial charge is 0.493 e. The Bertz CT molecular complexity index is 806. The van der Waals surface area contributed by atoms with Gasteiger partial charge in [-0.3, -0.25) is 0 Å². The van der Waals surface area contributed by atoms with Crippen LogP contribution in [-0.4, -0.2) is 40.5 Å². The number of hydrogen-bond donors (Lipinski definition) is 2. The summed E-state index contributed by atoms with van der Waals surface area (Å²) in [4.78, 5) is 1.11. The molecule has 0 radical (unpaired) electrons. The maximum absolute atomic E-state index is 12.4. The fraction of sp³-hybridized carbons (Fsp3) is 0.294. The van der Waals surface area contributed by atoms with Crippen LogP contribution in [0.3, 0.4) is 0 Å². The van der Waals surface area contributed by atoms with Crippen LogP contribution in [0.2, 0.25) is 0 Å². The molecule has 136 valence electrons. The number of aliphatic hydroxyl groups is 1. The molecule has 0 fully saturated rings. The Morgan fingerprint density at radius 1 is 1.08 bits per heavy atom. The molecule has 0 spiro atoms. The minimum Gasteiger partial charge on any atom is -0.493 e. The highest BCUT2D eigenvalue weighted by Crippen LogP contribution is 2.29. The van der Waals surface area contributed by atoms with Crippen molar-refractivity contribution in [3.63, 3.8) is 0 Å². The van der Waals surface area contributed by atoms with Crippen molar-refractivity contribution in [2.24, 2.45) is 0 Å². The lowest BCUT2D eigenvalue weighted by Crippen LogP contribution is -2.28. The van der Waals surface area contributed by atoms with Gasteiger partial charge in [0.25, 0.3) is 0 Å². The minimum absolute atomic E-state index is 0.0371. The highest BCUT2D eigenvalue weighted by Gasteiger charge is 2.19. The normalized spacial score (nSPS) is 12.6. The second kappa shape index (κ2) is 8.57. The Hall–Kier alpha value is -1.74. The summed E-state index contributed by atoms with van der Waals surface area (Å²) in [6.07, 6.45) is 1.02. The average molecular weight is 383 g/mol. The number of rotatable bonds is 8. The van der Waals surface area contributed by atoms with Crippen molar-refractivity contribution in [2.45, 2.75) is 15.9 Å². The molecule has 0 unspecified atom stereocenters. The highest BCUT2D eigenvalue weighted by molar-refractivity contribution is 7.98. The van der Waals surface area contributed by atoms with Crippen molar-refractivity contribution in [1.82, 2.24) is 4.72 Å². The molecule has 0 aliphatic heterocycles. The quantitative estimate of drug-likeness (QED) is 0.681. The summed E-state index contributed by atoms with van der Waals surface area (Å²) >= 11 is 1.60. The first-order chi connectivity index (χ1) is 11.9. The Morgan fingerprint density at radius 2 is 1.72 bits per heavy atom. The van der Waals surface area contributed by atoms with Crippen molar-refractivity contribution < 1.29 is 23.0 Å². The van der Waals surface area contributed by atoms with E-state index in [9.17, 15) is 13.5 Å². The lowest BCUT2D eigenvalue weighted by molar-refractivity contribution is 0.182. The molecule has 0 heterocycles. The number of thioether (sulfide) groups is 1. The van der Waals surface area contributed by atoms with Crippen LogP contribution >= 0.6 is 11.8 Å². The van der Waals surface area contributed by atoms with E-state index in [2.05, 4.69) is 4.72 Å². The summed E-state index contributed by atoms with van der Waals surface area (Å²) in [5.74, 6) is 0.758. The molecule has 0 aromatic heterocycles. The number of nitrogens with one attached hydrogen (secondary N) is 1. The van der Waals surface area contributed by atoms with E-state index in [0.717, 1.165) is 4.90 Å². The monoisotopic (exact) mass is 383 g/mol. The molecule has 1 atom stereocenters. The summed E-state index contributed by atoms with van der Waals surface area (Å²) < 4.78 is 37.5. The second-order valence-electron chi connectivity index (χ2n) is 5.16. The standard InChI is InChI=1S/C17H21NO5S2/c1-22-16-9-8-14(10-17(16)23-2)25(20,21)18-11-15(19)12-4-6-13(24-3)7-5-12/h4-10,15,18-19H,11H2,1-3H3/t15-/m1/s1. The van der Waals surface area contributed by atoms with E-state index in [1.807, 2.05) is 18.4 Å². The van der Waals surface area contributed by atoms with Gasteiger partial charge in [-0.1, -0.05) is 12.1 Å². The lowest BCUT2D eigenvalue weighted by Gasteiger charge is -2.14. The third-order valence-electron chi connectivity index (χ3n) is 3.63. The summed E-state index contributed by atoms with van der Waals surface area (Å²) in [7, 11) is -0.874. The average Bonchev–Trinajstić information content (AvgIpc) is 2.65. The van der Waals surface area contributed by atoms with Crippen LogP contribution in [0.5, 0.6) is 11.5 Å². The predicted octanol–water partition coefficient (Wildman–Crippen LogP) is 2.44. The number of aliphatic hydroxyl groups excluding tert-OH is 1. The maximum atomic E-state index is 12.4. The zero-order valence-electron chi connectivity index (χ0n) is 14.2. The first-order valence-corrected chi connectivity index (χ1v) is 10.2. The van der Waals surface area contributed by atoms with E-state index in [1.165, 1.54) is 32.4 Å². The number of methoxy groups -OCH3 is 2. The van der Waals surface area contributed by atoms with Crippen molar-refractivity contribution in [2.75, 3.05) is 27.0 Å². The van der Waals surface area contributed by atoms with E-state index < -0.39 is 16.1 Å². The van der Waals surface area contributed by atoms with E-state index in [4.69, 9.17) is 9.47 Å². The molecule has 8 heteroatoms. The maximum Gasteiger partial charge on any atom is 0.240 e. The summed E-state index contributed by atoms with van der Waals surface area (Å²) in [6.45, 7) is -0.130. The zero-order valence-corrected chi connectivity index (χ0v) is 15.9. The van der Waals surface area contributed by atoms with Crippen LogP contribution in [0.15, 0.2) is 52.3 Å². The van der Waals surface area contributed by atoms with Crippen LogP contribution in [0.1, 0.15) is 11.7 Å². The van der Waals surface area contributed by atoms with Gasteiger partial charge in [-0.15, -0.1) is 11.8 Å². The summed E-state index contributed by atoms with van der Waals surface area (Å²) in [5, 5.41) is 10.2. The number of hydrogen-bond acceptors (Lipinski definition) is 6. The van der Waals surface area contributed by atoms with Gasteiger partial charge in [0.1, 0.15) is 0 Å². The lowest BCUT2D eigenvalue weighted by atomic mass is 10.1. The second-order valence-corrected chi connectivity index (χ2v) is 7.80. The minimum atomic E-state index is -3.78. The first-order valence-electron chi connectivity index (χ1n) is 7.45. The molecule has 2 N–H and O–H groups in total. The molecule has 6 nitrogen and oxygen atoms in total. The third-order valence-corrected chi connectivity index (χ3v) is 5.80. The van der Waals surface area contributed by atoms with Crippen LogP contribution in [0, 0.1) is 0 Å². The highest BCUT2D eigenvalue weighted by atomic mass is 32.2. The Balaban J connectivity index is 2.10. The van der Waals surface area contributed by atoms with Gasteiger partial charge >= 0.3 is 0 Å². The van der Waals surface area contributed by atoms with Crippen LogP contribution in [0.25, 0.3) is 0 Å². The van der Waals surface area contributed by atoms with E-state index in [-0.39, 0.29) is 11.4 Å². The van der Waals surface area contributed by atoms with Crippen molar-refractivity contribution >= 4 is 21.8 Å². The van der Waals surface area contributed by atoms with Crippen molar-refractivity contribution in [3.05, 3.63) is 48.0 Å². The summed E-state index contributed by atoms with van der Waals surface area (Å²) in [6, 6.07) is 11.6. The zero-order chi connectivity index (χ0) is 18.4. The van der Waals surface area contributed by atoms with Gasteiger partial charge in [-0.2, -0.15) is 0 Å². The number of ether oxygens (including phenoxy) is 2. The fourth-order valence-corrected chi connectivity index (χ4v) is 3.66. The van der Waals surface area contributed by atoms with Crippen molar-refractivity contribution in [1.29, 1.82) is 0 Å². The van der Waals surface area contributed by atoms with Gasteiger partial charge in [-0.05, 0) is 36.1 Å². The Morgan fingerprint density at radius 3 is 2.28 bits per heavy atom. The summed E-state index contributed by atoms with van der Waals surface area (Å²) in [5.41, 5.74) is 0.646. The van der Waals surface area contributed by atoms with Gasteiger partial charge in [0.15, 0.2) is 11.5 Å². The Labute approximate surface area is 152 Å². The molecule has 0 amide bonds. The van der Waals surface area contributed by atoms with Gasteiger partial charge in [-0.25, -0.2) is 13.1 Å². The van der Waals surface area contributed by atoms with Gasteiger partial charge < -0.3 is 14.6 Å². The molecule has 0 saturated heterocycles. The molecule has 0 aliphatic rings. The fourth-order valence-electron chi connectivity index (χ4n) is 2.20. The van der Waals surface area contributed by atoms with E-state index >= 15 is 0 Å². The third kappa shape index (κ3) is 4.88. The van der Waals surface area contributed by atoms with Crippen LogP contribution in [0.4, 0.5) is 0 Å². The molecule has 0 bridgehead atoms. The molecule has 2 aromatic rings. The smallest absolute Gasteiger partial charge is 0.240 e. The first kappa shape index (κ1) is 19.6. The molecule has 2 aromatic carbocycles. The molecule has 2 rings (SSSR count). The van der Waals surface area contributed by atoms with E-state index in [1.54, 1.807) is 23.9 Å².